The summed E-state index contributed by atoms with van der Waals surface area (Å²) < 4.78 is 12.2. The van der Waals surface area contributed by atoms with Gasteiger partial charge in [0.15, 0.2) is 18.1 Å². The first-order chi connectivity index (χ1) is 14.4. The van der Waals surface area contributed by atoms with Crippen molar-refractivity contribution in [3.05, 3.63) is 97.6 Å². The number of halogens is 3. The molecule has 0 fully saturated rings. The smallest absolute Gasteiger partial charge is 0.231 e. The molecule has 0 bridgehead atoms. The average molecular weight is 504 g/mol. The van der Waals surface area contributed by atoms with Crippen molar-refractivity contribution in [2.24, 2.45) is 0 Å². The van der Waals surface area contributed by atoms with Gasteiger partial charge in [0.25, 0.3) is 0 Å². The van der Waals surface area contributed by atoms with Crippen LogP contribution in [0.4, 0.5) is 0 Å². The first-order valence-electron chi connectivity index (χ1n) is 8.86. The van der Waals surface area contributed by atoms with Gasteiger partial charge in [0.1, 0.15) is 11.5 Å². The minimum Gasteiger partial charge on any atom is -0.485 e. The number of ketones is 2. The molecule has 150 valence electrons. The molecule has 1 aliphatic rings. The summed E-state index contributed by atoms with van der Waals surface area (Å²) in [5, 5.41) is 0.829. The number of hydrogen-bond acceptors (Lipinski definition) is 4. The Balaban J connectivity index is 1.50. The van der Waals surface area contributed by atoms with Crippen LogP contribution in [0.15, 0.2) is 70.9 Å². The molecule has 4 nitrogen and oxygen atoms in total. The van der Waals surface area contributed by atoms with Crippen LogP contribution in [0.5, 0.6) is 11.5 Å². The first-order valence-corrected chi connectivity index (χ1v) is 10.4. The lowest BCUT2D eigenvalue weighted by Crippen LogP contribution is -2.11. The molecule has 0 aromatic heterocycles. The third-order valence-electron chi connectivity index (χ3n) is 4.45. The average Bonchev–Trinajstić information content (AvgIpc) is 3.04. The summed E-state index contributed by atoms with van der Waals surface area (Å²) in [4.78, 5) is 24.9. The zero-order valence-corrected chi connectivity index (χ0v) is 18.4. The molecule has 3 aromatic rings. The van der Waals surface area contributed by atoms with E-state index in [-0.39, 0.29) is 23.9 Å². The predicted molar refractivity (Wildman–Crippen MR) is 120 cm³/mol. The summed E-state index contributed by atoms with van der Waals surface area (Å²) in [5.41, 5.74) is 1.46. The molecule has 4 rings (SSSR count). The van der Waals surface area contributed by atoms with E-state index in [1.54, 1.807) is 60.7 Å². The molecule has 30 heavy (non-hydrogen) atoms. The fraction of sp³-hybridized carbons (Fsp3) is 0.0435. The molecule has 0 spiro atoms. The zero-order chi connectivity index (χ0) is 21.3. The molecular formula is C23H13BrCl2O4. The van der Waals surface area contributed by atoms with E-state index >= 15 is 0 Å². The van der Waals surface area contributed by atoms with Crippen molar-refractivity contribution in [2.45, 2.75) is 0 Å². The predicted octanol–water partition coefficient (Wildman–Crippen LogP) is 6.63. The minimum absolute atomic E-state index is 0.114. The minimum atomic E-state index is -0.279. The Morgan fingerprint density at radius 1 is 1.03 bits per heavy atom. The molecule has 0 saturated carbocycles. The van der Waals surface area contributed by atoms with Gasteiger partial charge in [-0.15, -0.1) is 0 Å². The van der Waals surface area contributed by atoms with Crippen LogP contribution < -0.4 is 9.47 Å². The number of carbonyl (C=O) groups excluding carboxylic acids is 2. The SMILES string of the molecule is O=C(COc1ccc2c(c1)O/C(=C\c1c(Cl)cccc1Cl)C2=O)c1ccc(Br)cc1. The van der Waals surface area contributed by atoms with Crippen molar-refractivity contribution in [1.82, 2.24) is 0 Å². The van der Waals surface area contributed by atoms with Gasteiger partial charge < -0.3 is 9.47 Å². The standard InChI is InChI=1S/C23H13BrCl2O4/c24-14-6-4-13(5-7-14)20(27)12-29-15-8-9-16-21(10-15)30-22(23(16)28)11-17-18(25)2-1-3-19(17)26/h1-11H,12H2/b22-11-. The highest BCUT2D eigenvalue weighted by Crippen LogP contribution is 2.36. The lowest BCUT2D eigenvalue weighted by atomic mass is 10.1. The van der Waals surface area contributed by atoms with E-state index in [4.69, 9.17) is 32.7 Å². The zero-order valence-electron chi connectivity index (χ0n) is 15.3. The number of rotatable bonds is 5. The largest absolute Gasteiger partial charge is 0.485 e. The second kappa shape index (κ2) is 8.64. The Kier molecular flexibility index (Phi) is 5.95. The molecule has 3 aromatic carbocycles. The van der Waals surface area contributed by atoms with Crippen molar-refractivity contribution >= 4 is 56.8 Å². The Morgan fingerprint density at radius 2 is 1.73 bits per heavy atom. The normalized spacial score (nSPS) is 13.8. The van der Waals surface area contributed by atoms with Gasteiger partial charge in [-0.2, -0.15) is 0 Å². The molecule has 0 saturated heterocycles. The number of ether oxygens (including phenoxy) is 2. The van der Waals surface area contributed by atoms with E-state index in [0.717, 1.165) is 4.47 Å². The number of allylic oxidation sites excluding steroid dienone is 1. The maximum Gasteiger partial charge on any atom is 0.231 e. The van der Waals surface area contributed by atoms with Crippen LogP contribution in [0.3, 0.4) is 0 Å². The molecule has 0 atom stereocenters. The van der Waals surface area contributed by atoms with E-state index in [2.05, 4.69) is 15.9 Å². The van der Waals surface area contributed by atoms with Gasteiger partial charge >= 0.3 is 0 Å². The van der Waals surface area contributed by atoms with E-state index in [9.17, 15) is 9.59 Å². The highest BCUT2D eigenvalue weighted by atomic mass is 79.9. The fourth-order valence-electron chi connectivity index (χ4n) is 2.90. The van der Waals surface area contributed by atoms with Gasteiger partial charge in [-0.25, -0.2) is 0 Å². The number of carbonyl (C=O) groups is 2. The monoisotopic (exact) mass is 502 g/mol. The van der Waals surface area contributed by atoms with Gasteiger partial charge in [-0.1, -0.05) is 57.3 Å². The highest BCUT2D eigenvalue weighted by molar-refractivity contribution is 9.10. The maximum atomic E-state index is 12.6. The van der Waals surface area contributed by atoms with Gasteiger partial charge in [0.2, 0.25) is 5.78 Å². The van der Waals surface area contributed by atoms with Crippen molar-refractivity contribution in [3.63, 3.8) is 0 Å². The van der Waals surface area contributed by atoms with Crippen LogP contribution in [0.1, 0.15) is 26.3 Å². The van der Waals surface area contributed by atoms with Gasteiger partial charge in [-0.3, -0.25) is 9.59 Å². The Labute approximate surface area is 191 Å². The molecule has 0 aliphatic carbocycles. The van der Waals surface area contributed by atoms with Crippen LogP contribution in [-0.2, 0) is 0 Å². The van der Waals surface area contributed by atoms with Crippen LogP contribution in [-0.4, -0.2) is 18.2 Å². The summed E-state index contributed by atoms with van der Waals surface area (Å²) in [5.74, 6) is 0.447. The quantitative estimate of drug-likeness (QED) is 0.289. The molecular weight excluding hydrogens is 491 g/mol. The molecule has 1 aliphatic heterocycles. The number of Topliss-reactive ketones (excluding diaryl/α,β-unsaturated/α-hetero) is 2. The Morgan fingerprint density at radius 3 is 2.43 bits per heavy atom. The Hall–Kier alpha value is -2.60. The summed E-state index contributed by atoms with van der Waals surface area (Å²) >= 11 is 15.7. The lowest BCUT2D eigenvalue weighted by Gasteiger charge is -2.07. The first kappa shape index (κ1) is 20.7. The highest BCUT2D eigenvalue weighted by Gasteiger charge is 2.28. The third-order valence-corrected chi connectivity index (χ3v) is 5.64. The summed E-state index contributed by atoms with van der Waals surface area (Å²) in [6.07, 6.45) is 1.52. The summed E-state index contributed by atoms with van der Waals surface area (Å²) in [7, 11) is 0. The number of benzene rings is 3. The third kappa shape index (κ3) is 4.29. The van der Waals surface area contributed by atoms with Crippen molar-refractivity contribution in [3.8, 4) is 11.5 Å². The van der Waals surface area contributed by atoms with Crippen LogP contribution in [0.25, 0.3) is 6.08 Å². The van der Waals surface area contributed by atoms with Crippen LogP contribution in [0.2, 0.25) is 10.0 Å². The topological polar surface area (TPSA) is 52.6 Å². The van der Waals surface area contributed by atoms with Crippen molar-refractivity contribution in [2.75, 3.05) is 6.61 Å². The van der Waals surface area contributed by atoms with Crippen LogP contribution >= 0.6 is 39.1 Å². The molecule has 0 unspecified atom stereocenters. The van der Waals surface area contributed by atoms with E-state index < -0.39 is 0 Å². The molecule has 7 heteroatoms. The molecule has 0 radical (unpaired) electrons. The van der Waals surface area contributed by atoms with E-state index in [1.165, 1.54) is 6.08 Å². The lowest BCUT2D eigenvalue weighted by molar-refractivity contribution is 0.0921. The maximum absolute atomic E-state index is 12.6. The van der Waals surface area contributed by atoms with Crippen LogP contribution in [0, 0.1) is 0 Å². The summed E-state index contributed by atoms with van der Waals surface area (Å²) in [6.45, 7) is -0.133. The fourth-order valence-corrected chi connectivity index (χ4v) is 3.68. The summed E-state index contributed by atoms with van der Waals surface area (Å²) in [6, 6.07) is 16.9. The van der Waals surface area contributed by atoms with Gasteiger partial charge in [-0.05, 0) is 42.5 Å². The second-order valence-electron chi connectivity index (χ2n) is 6.45. The molecule has 0 N–H and O–H groups in total. The second-order valence-corrected chi connectivity index (χ2v) is 8.18. The number of fused-ring (bicyclic) bond motifs is 1. The van der Waals surface area contributed by atoms with Gasteiger partial charge in [0.05, 0.1) is 5.56 Å². The Bertz CT molecular complexity index is 1170. The van der Waals surface area contributed by atoms with Crippen molar-refractivity contribution in [1.29, 1.82) is 0 Å². The van der Waals surface area contributed by atoms with Gasteiger partial charge in [0, 0.05) is 31.7 Å². The molecule has 1 heterocycles. The molecule has 0 amide bonds. The number of hydrogen-bond donors (Lipinski definition) is 0. The van der Waals surface area contributed by atoms with Crippen molar-refractivity contribution < 1.29 is 19.1 Å². The van der Waals surface area contributed by atoms with E-state index in [1.807, 2.05) is 0 Å². The van der Waals surface area contributed by atoms with E-state index in [0.29, 0.717) is 38.2 Å².